The van der Waals surface area contributed by atoms with E-state index in [1.54, 1.807) is 11.1 Å². The van der Waals surface area contributed by atoms with Crippen LogP contribution in [0.2, 0.25) is 0 Å². The molecule has 16 heavy (non-hydrogen) atoms. The van der Waals surface area contributed by atoms with Crippen LogP contribution >= 0.6 is 12.4 Å². The summed E-state index contributed by atoms with van der Waals surface area (Å²) in [5.74, 6) is 0.727. The van der Waals surface area contributed by atoms with Gasteiger partial charge >= 0.3 is 0 Å². The first-order chi connectivity index (χ1) is 6.95. The Balaban J connectivity index is 0.00000225. The summed E-state index contributed by atoms with van der Waals surface area (Å²) < 4.78 is 0. The first kappa shape index (κ1) is 15.7. The standard InChI is InChI=1S/C14H25N.ClH/c1-10-11(2)13(4)14(12(10)3)8-7-9-15(5)6;/h14H,7-9H2,1-6H3;1H. The van der Waals surface area contributed by atoms with Crippen molar-refractivity contribution >= 4 is 12.4 Å². The number of halogens is 1. The average molecular weight is 244 g/mol. The van der Waals surface area contributed by atoms with Gasteiger partial charge in [0, 0.05) is 5.92 Å². The van der Waals surface area contributed by atoms with E-state index in [9.17, 15) is 0 Å². The van der Waals surface area contributed by atoms with Gasteiger partial charge in [-0.1, -0.05) is 11.1 Å². The topological polar surface area (TPSA) is 3.24 Å². The predicted octanol–water partition coefficient (Wildman–Crippen LogP) is 4.05. The number of nitrogens with zero attached hydrogens (tertiary/aromatic N) is 1. The van der Waals surface area contributed by atoms with Gasteiger partial charge in [0.15, 0.2) is 0 Å². The van der Waals surface area contributed by atoms with Crippen LogP contribution in [0.25, 0.3) is 0 Å². The van der Waals surface area contributed by atoms with E-state index in [1.165, 1.54) is 30.5 Å². The van der Waals surface area contributed by atoms with Crippen LogP contribution in [-0.4, -0.2) is 25.5 Å². The molecule has 0 radical (unpaired) electrons. The van der Waals surface area contributed by atoms with Crippen molar-refractivity contribution in [3.05, 3.63) is 22.3 Å². The van der Waals surface area contributed by atoms with Crippen molar-refractivity contribution in [3.63, 3.8) is 0 Å². The molecule has 0 saturated heterocycles. The lowest BCUT2D eigenvalue weighted by molar-refractivity contribution is 0.385. The lowest BCUT2D eigenvalue weighted by atomic mass is 9.92. The average Bonchev–Trinajstić information content (AvgIpc) is 2.34. The summed E-state index contributed by atoms with van der Waals surface area (Å²) in [6, 6.07) is 0. The quantitative estimate of drug-likeness (QED) is 0.720. The van der Waals surface area contributed by atoms with E-state index in [0.717, 1.165) is 5.92 Å². The second kappa shape index (κ2) is 6.46. The Kier molecular flexibility index (Phi) is 6.35. The maximum absolute atomic E-state index is 2.30. The zero-order valence-corrected chi connectivity index (χ0v) is 12.4. The van der Waals surface area contributed by atoms with Gasteiger partial charge in [-0.05, 0) is 72.3 Å². The van der Waals surface area contributed by atoms with Gasteiger partial charge in [0.1, 0.15) is 0 Å². The zero-order chi connectivity index (χ0) is 11.6. The third kappa shape index (κ3) is 3.36. The van der Waals surface area contributed by atoms with E-state index in [-0.39, 0.29) is 12.4 Å². The maximum atomic E-state index is 2.30. The Morgan fingerprint density at radius 2 is 1.38 bits per heavy atom. The minimum Gasteiger partial charge on any atom is -0.309 e. The van der Waals surface area contributed by atoms with Gasteiger partial charge in [-0.2, -0.15) is 0 Å². The monoisotopic (exact) mass is 243 g/mol. The molecule has 1 aliphatic rings. The van der Waals surface area contributed by atoms with E-state index in [4.69, 9.17) is 0 Å². The second-order valence-electron chi connectivity index (χ2n) is 5.11. The van der Waals surface area contributed by atoms with E-state index in [1.807, 2.05) is 0 Å². The van der Waals surface area contributed by atoms with E-state index in [2.05, 4.69) is 46.7 Å². The Hall–Kier alpha value is -0.270. The van der Waals surface area contributed by atoms with Crippen LogP contribution in [-0.2, 0) is 0 Å². The highest BCUT2D eigenvalue weighted by Gasteiger charge is 2.23. The van der Waals surface area contributed by atoms with Gasteiger partial charge < -0.3 is 4.90 Å². The molecule has 1 nitrogen and oxygen atoms in total. The van der Waals surface area contributed by atoms with Crippen molar-refractivity contribution in [1.82, 2.24) is 4.90 Å². The molecule has 0 fully saturated rings. The molecule has 2 heteroatoms. The van der Waals surface area contributed by atoms with Crippen molar-refractivity contribution in [2.75, 3.05) is 20.6 Å². The summed E-state index contributed by atoms with van der Waals surface area (Å²) in [6.45, 7) is 10.3. The highest BCUT2D eigenvalue weighted by Crippen LogP contribution is 2.38. The van der Waals surface area contributed by atoms with E-state index >= 15 is 0 Å². The molecule has 94 valence electrons. The normalized spacial score (nSPS) is 17.4. The minimum atomic E-state index is 0. The van der Waals surface area contributed by atoms with Crippen LogP contribution in [0.1, 0.15) is 40.5 Å². The number of hydrogen-bond donors (Lipinski definition) is 0. The third-order valence-electron chi connectivity index (χ3n) is 3.89. The fourth-order valence-corrected chi connectivity index (χ4v) is 2.48. The summed E-state index contributed by atoms with van der Waals surface area (Å²) in [6.07, 6.45) is 2.61. The van der Waals surface area contributed by atoms with Crippen molar-refractivity contribution in [1.29, 1.82) is 0 Å². The Morgan fingerprint density at radius 1 is 0.938 bits per heavy atom. The van der Waals surface area contributed by atoms with Crippen LogP contribution in [0.3, 0.4) is 0 Å². The zero-order valence-electron chi connectivity index (χ0n) is 11.6. The molecule has 0 N–H and O–H groups in total. The first-order valence-electron chi connectivity index (χ1n) is 5.95. The van der Waals surface area contributed by atoms with Gasteiger partial charge in [-0.25, -0.2) is 0 Å². The second-order valence-corrected chi connectivity index (χ2v) is 5.11. The number of allylic oxidation sites excluding steroid dienone is 4. The Labute approximate surface area is 107 Å². The van der Waals surface area contributed by atoms with Crippen molar-refractivity contribution in [2.24, 2.45) is 5.92 Å². The molecule has 0 aliphatic heterocycles. The molecule has 0 aromatic heterocycles. The molecule has 1 rings (SSSR count). The van der Waals surface area contributed by atoms with Gasteiger partial charge in [-0.15, -0.1) is 12.4 Å². The van der Waals surface area contributed by atoms with E-state index < -0.39 is 0 Å². The van der Waals surface area contributed by atoms with Crippen LogP contribution < -0.4 is 0 Å². The predicted molar refractivity (Wildman–Crippen MR) is 75.3 cm³/mol. The van der Waals surface area contributed by atoms with Crippen molar-refractivity contribution in [2.45, 2.75) is 40.5 Å². The summed E-state index contributed by atoms with van der Waals surface area (Å²) in [7, 11) is 4.30. The summed E-state index contributed by atoms with van der Waals surface area (Å²) in [5, 5.41) is 0. The Bertz CT molecular complexity index is 276. The highest BCUT2D eigenvalue weighted by molar-refractivity contribution is 5.85. The fourth-order valence-electron chi connectivity index (χ4n) is 2.48. The van der Waals surface area contributed by atoms with Crippen LogP contribution in [0.4, 0.5) is 0 Å². The molecule has 0 amide bonds. The molecule has 0 spiro atoms. The van der Waals surface area contributed by atoms with Gasteiger partial charge in [-0.3, -0.25) is 0 Å². The minimum absolute atomic E-state index is 0. The lowest BCUT2D eigenvalue weighted by Gasteiger charge is -2.16. The summed E-state index contributed by atoms with van der Waals surface area (Å²) in [5.41, 5.74) is 6.26. The first-order valence-corrected chi connectivity index (χ1v) is 5.95. The van der Waals surface area contributed by atoms with Gasteiger partial charge in [0.2, 0.25) is 0 Å². The third-order valence-corrected chi connectivity index (χ3v) is 3.89. The smallest absolute Gasteiger partial charge is 0.00135 e. The molecule has 0 bridgehead atoms. The van der Waals surface area contributed by atoms with Crippen LogP contribution in [0.5, 0.6) is 0 Å². The molecular weight excluding hydrogens is 218 g/mol. The van der Waals surface area contributed by atoms with Gasteiger partial charge in [0.25, 0.3) is 0 Å². The number of rotatable bonds is 4. The van der Waals surface area contributed by atoms with Crippen LogP contribution in [0, 0.1) is 5.92 Å². The summed E-state index contributed by atoms with van der Waals surface area (Å²) >= 11 is 0. The Morgan fingerprint density at radius 3 is 1.75 bits per heavy atom. The number of hydrogen-bond acceptors (Lipinski definition) is 1. The van der Waals surface area contributed by atoms with Crippen molar-refractivity contribution < 1.29 is 0 Å². The molecule has 0 heterocycles. The lowest BCUT2D eigenvalue weighted by Crippen LogP contribution is -2.14. The fraction of sp³-hybridized carbons (Fsp3) is 0.714. The molecule has 0 aromatic rings. The largest absolute Gasteiger partial charge is 0.309 e. The molecule has 0 atom stereocenters. The maximum Gasteiger partial charge on any atom is 0.00135 e. The molecular formula is C14H26ClN. The highest BCUT2D eigenvalue weighted by atomic mass is 35.5. The molecule has 0 unspecified atom stereocenters. The molecule has 0 saturated carbocycles. The van der Waals surface area contributed by atoms with E-state index in [0.29, 0.717) is 0 Å². The summed E-state index contributed by atoms with van der Waals surface area (Å²) in [4.78, 5) is 2.27. The van der Waals surface area contributed by atoms with Crippen molar-refractivity contribution in [3.8, 4) is 0 Å². The van der Waals surface area contributed by atoms with Crippen LogP contribution in [0.15, 0.2) is 22.3 Å². The van der Waals surface area contributed by atoms with Gasteiger partial charge in [0.05, 0.1) is 0 Å². The molecule has 0 aromatic carbocycles. The SMILES string of the molecule is CC1=C(C)C(CCCN(C)C)C(C)=C1C.Cl. The molecule has 1 aliphatic carbocycles.